The van der Waals surface area contributed by atoms with Gasteiger partial charge < -0.3 is 29.9 Å². The standard InChI is InChI=1S/C28H40N4O4/c1-18(2)29-27(35)31-13-11-28(12-14-31)17-32(26(34)19-7-5-4-6-8-19)23(16-33)25-24(28)21-10-9-20(36-3)15-22(21)30-25/h9-10,15,18-19,23,30,33H,4-8,11-14,16-17H2,1-3H3,(H,29,35)/t23-/m1/s1. The Morgan fingerprint density at radius 1 is 1.19 bits per heavy atom. The van der Waals surface area contributed by atoms with Gasteiger partial charge in [0.25, 0.3) is 0 Å². The lowest BCUT2D eigenvalue weighted by molar-refractivity contribution is -0.142. The maximum absolute atomic E-state index is 13.9. The molecule has 1 aromatic heterocycles. The molecule has 1 atom stereocenters. The van der Waals surface area contributed by atoms with E-state index in [0.29, 0.717) is 19.6 Å². The van der Waals surface area contributed by atoms with Gasteiger partial charge in [-0.2, -0.15) is 0 Å². The van der Waals surface area contributed by atoms with Gasteiger partial charge in [0.2, 0.25) is 5.91 Å². The fourth-order valence-corrected chi connectivity index (χ4v) is 6.71. The summed E-state index contributed by atoms with van der Waals surface area (Å²) in [5.74, 6) is 0.980. The van der Waals surface area contributed by atoms with Crippen LogP contribution in [0.3, 0.4) is 0 Å². The van der Waals surface area contributed by atoms with Gasteiger partial charge in [-0.15, -0.1) is 0 Å². The normalized spacial score (nSPS) is 22.2. The van der Waals surface area contributed by atoms with Gasteiger partial charge in [0.15, 0.2) is 0 Å². The van der Waals surface area contributed by atoms with Crippen molar-refractivity contribution in [3.8, 4) is 5.75 Å². The van der Waals surface area contributed by atoms with Crippen LogP contribution in [0, 0.1) is 5.92 Å². The Hall–Kier alpha value is -2.74. The number of methoxy groups -OCH3 is 1. The van der Waals surface area contributed by atoms with Gasteiger partial charge in [-0.1, -0.05) is 19.3 Å². The summed E-state index contributed by atoms with van der Waals surface area (Å²) in [5.41, 5.74) is 2.84. The molecule has 2 fully saturated rings. The van der Waals surface area contributed by atoms with Gasteiger partial charge in [0.05, 0.1) is 19.8 Å². The summed E-state index contributed by atoms with van der Waals surface area (Å²) in [7, 11) is 1.66. The fourth-order valence-electron chi connectivity index (χ4n) is 6.71. The Morgan fingerprint density at radius 2 is 1.92 bits per heavy atom. The van der Waals surface area contributed by atoms with Crippen LogP contribution in [0.5, 0.6) is 5.75 Å². The third-order valence-corrected chi connectivity index (χ3v) is 8.58. The first-order chi connectivity index (χ1) is 17.4. The number of benzene rings is 1. The lowest BCUT2D eigenvalue weighted by atomic mass is 9.68. The maximum atomic E-state index is 13.9. The summed E-state index contributed by atoms with van der Waals surface area (Å²) in [6, 6.07) is 5.74. The SMILES string of the molecule is COc1ccc2c3c([nH]c2c1)[C@@H](CO)N(C(=O)C1CCCCC1)CC31CCN(C(=O)NC(C)C)CC1. The zero-order valence-electron chi connectivity index (χ0n) is 21.8. The highest BCUT2D eigenvalue weighted by Gasteiger charge is 2.49. The summed E-state index contributed by atoms with van der Waals surface area (Å²) < 4.78 is 5.47. The van der Waals surface area contributed by atoms with Crippen LogP contribution >= 0.6 is 0 Å². The topological polar surface area (TPSA) is 97.9 Å². The number of hydrogen-bond donors (Lipinski definition) is 3. The number of ether oxygens (including phenoxy) is 1. The van der Waals surface area contributed by atoms with Crippen LogP contribution in [0.25, 0.3) is 10.9 Å². The van der Waals surface area contributed by atoms with Crippen LogP contribution < -0.4 is 10.1 Å². The van der Waals surface area contributed by atoms with Crippen LogP contribution in [-0.4, -0.2) is 71.2 Å². The van der Waals surface area contributed by atoms with E-state index in [4.69, 9.17) is 4.74 Å². The molecule has 3 aliphatic rings. The first-order valence-corrected chi connectivity index (χ1v) is 13.5. The summed E-state index contributed by atoms with van der Waals surface area (Å²) in [4.78, 5) is 34.1. The van der Waals surface area contributed by atoms with Crippen LogP contribution in [0.4, 0.5) is 4.79 Å². The number of carbonyl (C=O) groups is 2. The first-order valence-electron chi connectivity index (χ1n) is 13.5. The van der Waals surface area contributed by atoms with Crippen molar-refractivity contribution in [1.82, 2.24) is 20.1 Å². The summed E-state index contributed by atoms with van der Waals surface area (Å²) in [5, 5.41) is 14.7. The molecule has 0 bridgehead atoms. The van der Waals surface area contributed by atoms with Crippen LogP contribution in [-0.2, 0) is 10.2 Å². The molecule has 1 saturated heterocycles. The zero-order valence-corrected chi connectivity index (χ0v) is 21.8. The number of carbonyl (C=O) groups excluding carboxylic acids is 2. The largest absolute Gasteiger partial charge is 0.497 e. The van der Waals surface area contributed by atoms with Crippen molar-refractivity contribution >= 4 is 22.8 Å². The van der Waals surface area contributed by atoms with E-state index in [1.165, 1.54) is 12.0 Å². The number of aliphatic hydroxyl groups excluding tert-OH is 1. The Morgan fingerprint density at radius 3 is 2.56 bits per heavy atom. The number of H-pyrrole nitrogens is 1. The maximum Gasteiger partial charge on any atom is 0.317 e. The summed E-state index contributed by atoms with van der Waals surface area (Å²) in [6.07, 6.45) is 6.79. The van der Waals surface area contributed by atoms with Crippen molar-refractivity contribution in [2.24, 2.45) is 5.92 Å². The number of aliphatic hydroxyl groups is 1. The number of hydrogen-bond acceptors (Lipinski definition) is 4. The number of fused-ring (bicyclic) bond motifs is 4. The molecule has 8 heteroatoms. The minimum Gasteiger partial charge on any atom is -0.497 e. The van der Waals surface area contributed by atoms with E-state index in [2.05, 4.69) is 16.4 Å². The van der Waals surface area contributed by atoms with E-state index in [-0.39, 0.29) is 42.0 Å². The van der Waals surface area contributed by atoms with E-state index >= 15 is 0 Å². The number of amides is 3. The molecule has 0 radical (unpaired) electrons. The lowest BCUT2D eigenvalue weighted by Gasteiger charge is -2.51. The van der Waals surface area contributed by atoms with Crippen LogP contribution in [0.15, 0.2) is 18.2 Å². The molecule has 5 rings (SSSR count). The van der Waals surface area contributed by atoms with E-state index in [1.54, 1.807) is 7.11 Å². The highest BCUT2D eigenvalue weighted by atomic mass is 16.5. The van der Waals surface area contributed by atoms with Gasteiger partial charge in [-0.05, 0) is 57.2 Å². The fraction of sp³-hybridized carbons (Fsp3) is 0.643. The number of nitrogens with zero attached hydrogens (tertiary/aromatic N) is 2. The molecule has 196 valence electrons. The minimum absolute atomic E-state index is 0.0251. The second kappa shape index (κ2) is 9.96. The third-order valence-electron chi connectivity index (χ3n) is 8.58. The highest BCUT2D eigenvalue weighted by Crippen LogP contribution is 2.49. The van der Waals surface area contributed by atoms with Crippen LogP contribution in [0.2, 0.25) is 0 Å². The molecular formula is C28H40N4O4. The number of urea groups is 1. The van der Waals surface area contributed by atoms with Crippen LogP contribution in [0.1, 0.15) is 76.1 Å². The van der Waals surface area contributed by atoms with Crippen molar-refractivity contribution < 1.29 is 19.4 Å². The number of aromatic amines is 1. The van der Waals surface area contributed by atoms with Gasteiger partial charge in [0.1, 0.15) is 5.75 Å². The number of aromatic nitrogens is 1. The Bertz CT molecular complexity index is 1110. The molecule has 3 heterocycles. The predicted octanol–water partition coefficient (Wildman–Crippen LogP) is 4.08. The van der Waals surface area contributed by atoms with Crippen molar-refractivity contribution in [1.29, 1.82) is 0 Å². The number of likely N-dealkylation sites (tertiary alicyclic amines) is 1. The van der Waals surface area contributed by atoms with Crippen molar-refractivity contribution in [3.05, 3.63) is 29.5 Å². The van der Waals surface area contributed by atoms with Crippen molar-refractivity contribution in [2.45, 2.75) is 76.3 Å². The second-order valence-corrected chi connectivity index (χ2v) is 11.2. The molecule has 1 aromatic carbocycles. The molecule has 1 aliphatic carbocycles. The Balaban J connectivity index is 1.55. The quantitative estimate of drug-likeness (QED) is 0.594. The average Bonchev–Trinajstić information content (AvgIpc) is 3.28. The molecule has 8 nitrogen and oxygen atoms in total. The zero-order chi connectivity index (χ0) is 25.4. The van der Waals surface area contributed by atoms with E-state index < -0.39 is 0 Å². The van der Waals surface area contributed by atoms with Gasteiger partial charge in [-0.3, -0.25) is 4.79 Å². The third kappa shape index (κ3) is 4.33. The van der Waals surface area contributed by atoms with Gasteiger partial charge in [-0.25, -0.2) is 4.79 Å². The van der Waals surface area contributed by atoms with Gasteiger partial charge in [0, 0.05) is 59.7 Å². The van der Waals surface area contributed by atoms with E-state index in [0.717, 1.165) is 60.9 Å². The lowest BCUT2D eigenvalue weighted by Crippen LogP contribution is -2.57. The van der Waals surface area contributed by atoms with Crippen molar-refractivity contribution in [3.63, 3.8) is 0 Å². The molecule has 3 N–H and O–H groups in total. The minimum atomic E-state index is -0.388. The number of nitrogens with one attached hydrogen (secondary N) is 2. The molecule has 2 aliphatic heterocycles. The smallest absolute Gasteiger partial charge is 0.317 e. The Labute approximate surface area is 213 Å². The highest BCUT2D eigenvalue weighted by molar-refractivity contribution is 5.89. The number of rotatable bonds is 4. The molecular weight excluding hydrogens is 456 g/mol. The summed E-state index contributed by atoms with van der Waals surface area (Å²) in [6.45, 7) is 5.68. The molecule has 3 amide bonds. The summed E-state index contributed by atoms with van der Waals surface area (Å²) >= 11 is 0. The predicted molar refractivity (Wildman–Crippen MR) is 139 cm³/mol. The molecule has 36 heavy (non-hydrogen) atoms. The van der Waals surface area contributed by atoms with Crippen molar-refractivity contribution in [2.75, 3.05) is 33.4 Å². The van der Waals surface area contributed by atoms with E-state index in [1.807, 2.05) is 35.8 Å². The second-order valence-electron chi connectivity index (χ2n) is 11.2. The molecule has 1 spiro atoms. The number of piperidine rings is 1. The van der Waals surface area contributed by atoms with E-state index in [9.17, 15) is 14.7 Å². The molecule has 0 unspecified atom stereocenters. The molecule has 2 aromatic rings. The first kappa shape index (κ1) is 24.9. The average molecular weight is 497 g/mol. The monoisotopic (exact) mass is 496 g/mol. The van der Waals surface area contributed by atoms with Gasteiger partial charge >= 0.3 is 6.03 Å². The Kier molecular flexibility index (Phi) is 6.90. The molecule has 1 saturated carbocycles.